The Balaban J connectivity index is 0.00000288. The molecule has 0 spiro atoms. The Morgan fingerprint density at radius 3 is 1.62 bits per heavy atom. The molecule has 0 saturated carbocycles. The zero-order chi connectivity index (χ0) is 16.9. The summed E-state index contributed by atoms with van der Waals surface area (Å²) in [6.07, 6.45) is 3.18. The molecule has 130 valence electrons. The van der Waals surface area contributed by atoms with Crippen LogP contribution >= 0.6 is 7.60 Å². The van der Waals surface area contributed by atoms with Gasteiger partial charge >= 0.3 is 7.60 Å². The first-order valence-electron chi connectivity index (χ1n) is 7.01. The van der Waals surface area contributed by atoms with Crippen molar-refractivity contribution in [2.45, 2.75) is 6.92 Å². The molecular formula is C17H20BrO4PS. The van der Waals surface area contributed by atoms with Crippen LogP contribution in [0.3, 0.4) is 0 Å². The summed E-state index contributed by atoms with van der Waals surface area (Å²) in [6, 6.07) is 17.6. The lowest BCUT2D eigenvalue weighted by Gasteiger charge is -2.17. The van der Waals surface area contributed by atoms with Crippen LogP contribution < -0.4 is 26.0 Å². The number of hydrogen-bond acceptors (Lipinski definition) is 4. The van der Waals surface area contributed by atoms with Gasteiger partial charge in [0.15, 0.2) is 0 Å². The predicted molar refractivity (Wildman–Crippen MR) is 95.4 cm³/mol. The Morgan fingerprint density at radius 1 is 0.917 bits per heavy atom. The average Bonchev–Trinajstić information content (AvgIpc) is 2.47. The molecule has 2 rings (SSSR count). The monoisotopic (exact) mass is 430 g/mol. The number of allylic oxidation sites excluding steroid dienone is 1. The van der Waals surface area contributed by atoms with Gasteiger partial charge in [0.1, 0.15) is 44.7 Å². The molecule has 0 amide bonds. The lowest BCUT2D eigenvalue weighted by molar-refractivity contribution is -0.00000960. The molecule has 0 heterocycles. The SMILES string of the molecule is C/C(=C\P(=O)(Oc1ccccc1)Oc1ccccc1)[S+](C)(C)=O.[Br-]. The summed E-state index contributed by atoms with van der Waals surface area (Å²) in [7, 11) is -5.90. The smallest absolute Gasteiger partial charge is 0.460 e. The first kappa shape index (κ1) is 20.7. The second kappa shape index (κ2) is 8.65. The maximum atomic E-state index is 13.2. The van der Waals surface area contributed by atoms with Crippen LogP contribution in [0.25, 0.3) is 0 Å². The van der Waals surface area contributed by atoms with Gasteiger partial charge in [-0.05, 0) is 24.3 Å². The van der Waals surface area contributed by atoms with Gasteiger partial charge in [-0.3, -0.25) is 0 Å². The van der Waals surface area contributed by atoms with Crippen molar-refractivity contribution in [3.8, 4) is 11.5 Å². The Labute approximate surface area is 154 Å². The number of halogens is 1. The molecule has 0 aliphatic rings. The van der Waals surface area contributed by atoms with E-state index in [9.17, 15) is 8.77 Å². The summed E-state index contributed by atoms with van der Waals surface area (Å²) >= 11 is 0. The summed E-state index contributed by atoms with van der Waals surface area (Å²) < 4.78 is 36.5. The van der Waals surface area contributed by atoms with Crippen molar-refractivity contribution in [1.29, 1.82) is 0 Å². The van der Waals surface area contributed by atoms with E-state index in [-0.39, 0.29) is 17.0 Å². The second-order valence-corrected chi connectivity index (χ2v) is 10.1. The molecule has 0 aromatic heterocycles. The van der Waals surface area contributed by atoms with Crippen molar-refractivity contribution in [2.24, 2.45) is 0 Å². The molecule has 0 atom stereocenters. The third kappa shape index (κ3) is 6.27. The minimum Gasteiger partial charge on any atom is -1.00 e. The number of rotatable bonds is 6. The van der Waals surface area contributed by atoms with E-state index in [1.807, 2.05) is 12.1 Å². The highest BCUT2D eigenvalue weighted by Gasteiger charge is 2.30. The van der Waals surface area contributed by atoms with Crippen LogP contribution in [0.2, 0.25) is 0 Å². The minimum absolute atomic E-state index is 0. The van der Waals surface area contributed by atoms with Gasteiger partial charge in [0.2, 0.25) is 0 Å². The third-order valence-corrected chi connectivity index (χ3v) is 6.54. The molecule has 0 radical (unpaired) electrons. The molecule has 2 aromatic carbocycles. The van der Waals surface area contributed by atoms with E-state index >= 15 is 0 Å². The zero-order valence-electron chi connectivity index (χ0n) is 13.7. The number of hydrogen-bond donors (Lipinski definition) is 0. The molecule has 24 heavy (non-hydrogen) atoms. The Morgan fingerprint density at radius 2 is 1.29 bits per heavy atom. The fourth-order valence-electron chi connectivity index (χ4n) is 1.68. The van der Waals surface area contributed by atoms with E-state index in [1.54, 1.807) is 68.0 Å². The highest BCUT2D eigenvalue weighted by molar-refractivity contribution is 8.05. The lowest BCUT2D eigenvalue weighted by atomic mass is 10.3. The molecule has 7 heteroatoms. The van der Waals surface area contributed by atoms with Crippen molar-refractivity contribution in [2.75, 3.05) is 12.5 Å². The first-order chi connectivity index (χ1) is 10.8. The van der Waals surface area contributed by atoms with Gasteiger partial charge in [0, 0.05) is 6.92 Å². The summed E-state index contributed by atoms with van der Waals surface area (Å²) in [5.41, 5.74) is 0. The van der Waals surface area contributed by atoms with Crippen molar-refractivity contribution in [3.05, 3.63) is 71.4 Å². The largest absolute Gasteiger partial charge is 1.00 e. The Hall–Kier alpha value is -1.36. The predicted octanol–water partition coefficient (Wildman–Crippen LogP) is 1.96. The van der Waals surface area contributed by atoms with Gasteiger partial charge < -0.3 is 26.0 Å². The second-order valence-electron chi connectivity index (χ2n) is 5.32. The molecular weight excluding hydrogens is 411 g/mol. The molecule has 0 saturated heterocycles. The van der Waals surface area contributed by atoms with Gasteiger partial charge in [0.25, 0.3) is 0 Å². The maximum absolute atomic E-state index is 13.2. The van der Waals surface area contributed by atoms with E-state index in [2.05, 4.69) is 0 Å². The molecule has 2 aromatic rings. The molecule has 0 unspecified atom stereocenters. The summed E-state index contributed by atoms with van der Waals surface area (Å²) in [6.45, 7) is 1.66. The van der Waals surface area contributed by atoms with Crippen LogP contribution in [-0.2, 0) is 18.7 Å². The lowest BCUT2D eigenvalue weighted by Crippen LogP contribution is -3.00. The van der Waals surface area contributed by atoms with E-state index in [1.165, 1.54) is 5.82 Å². The molecule has 0 fully saturated rings. The maximum Gasteiger partial charge on any atom is 0.460 e. The van der Waals surface area contributed by atoms with Crippen LogP contribution in [0.5, 0.6) is 11.5 Å². The standard InChI is InChI=1S/C17H20O4PS.BrH/c1-15(23(2,3)19)14-22(18,20-16-10-6-4-7-11-16)21-17-12-8-5-9-13-17;/h4-14H,1-3H3;1H/q+1;/p-1/b15-14+;. The number of benzene rings is 2. The van der Waals surface area contributed by atoms with Crippen LogP contribution in [0.15, 0.2) is 71.4 Å². The first-order valence-corrected chi connectivity index (χ1v) is 11.0. The fourth-order valence-corrected chi connectivity index (χ4v) is 4.50. The van der Waals surface area contributed by atoms with Gasteiger partial charge in [-0.25, -0.2) is 4.57 Å². The van der Waals surface area contributed by atoms with Crippen LogP contribution in [-0.4, -0.2) is 12.5 Å². The van der Waals surface area contributed by atoms with Crippen molar-refractivity contribution in [1.82, 2.24) is 0 Å². The molecule has 0 aliphatic carbocycles. The van der Waals surface area contributed by atoms with Gasteiger partial charge in [-0.2, -0.15) is 0 Å². The van der Waals surface area contributed by atoms with E-state index in [4.69, 9.17) is 9.05 Å². The topological polar surface area (TPSA) is 52.6 Å². The van der Waals surface area contributed by atoms with Gasteiger partial charge in [-0.1, -0.05) is 36.4 Å². The van der Waals surface area contributed by atoms with Crippen LogP contribution in [0, 0.1) is 0 Å². The normalized spacial score (nSPS) is 12.2. The van der Waals surface area contributed by atoms with Gasteiger partial charge in [0.05, 0.1) is 0 Å². The van der Waals surface area contributed by atoms with E-state index in [0.717, 1.165) is 0 Å². The fraction of sp³-hybridized carbons (Fsp3) is 0.176. The molecule has 0 bridgehead atoms. The van der Waals surface area contributed by atoms with Crippen molar-refractivity contribution >= 4 is 17.5 Å². The van der Waals surface area contributed by atoms with E-state index < -0.39 is 17.5 Å². The highest BCUT2D eigenvalue weighted by atomic mass is 79.9. The van der Waals surface area contributed by atoms with Gasteiger partial charge in [-0.15, -0.1) is 4.21 Å². The third-order valence-electron chi connectivity index (χ3n) is 3.07. The van der Waals surface area contributed by atoms with E-state index in [0.29, 0.717) is 16.4 Å². The van der Waals surface area contributed by atoms with Crippen molar-refractivity contribution < 1.29 is 34.8 Å². The molecule has 0 aliphatic heterocycles. The molecule has 4 nitrogen and oxygen atoms in total. The average molecular weight is 431 g/mol. The summed E-state index contributed by atoms with van der Waals surface area (Å²) in [5, 5.41) is 0. The zero-order valence-corrected chi connectivity index (χ0v) is 17.0. The highest BCUT2D eigenvalue weighted by Crippen LogP contribution is 2.51. The number of para-hydroxylation sites is 2. The minimum atomic E-state index is -3.66. The summed E-state index contributed by atoms with van der Waals surface area (Å²) in [4.78, 5) is 0.479. The summed E-state index contributed by atoms with van der Waals surface area (Å²) in [5.74, 6) is 2.19. The molecule has 0 N–H and O–H groups in total. The quantitative estimate of drug-likeness (QED) is 0.519. The van der Waals surface area contributed by atoms with Crippen LogP contribution in [0.1, 0.15) is 6.92 Å². The Kier molecular flexibility index (Phi) is 7.46. The Bertz CT molecular complexity index is 726. The van der Waals surface area contributed by atoms with Crippen LogP contribution in [0.4, 0.5) is 0 Å². The van der Waals surface area contributed by atoms with Crippen molar-refractivity contribution in [3.63, 3.8) is 0 Å².